The molecule has 1 aromatic heterocycles. The van der Waals surface area contributed by atoms with Crippen LogP contribution in [0.3, 0.4) is 0 Å². The van der Waals surface area contributed by atoms with Gasteiger partial charge in [-0.1, -0.05) is 19.1 Å². The third-order valence-corrected chi connectivity index (χ3v) is 3.34. The van der Waals surface area contributed by atoms with Crippen LogP contribution in [0, 0.1) is 18.6 Å². The Kier molecular flexibility index (Phi) is 4.79. The predicted molar refractivity (Wildman–Crippen MR) is 75.5 cm³/mol. The number of aryl methyl sites for hydroxylation is 1. The van der Waals surface area contributed by atoms with Gasteiger partial charge in [0.2, 0.25) is 0 Å². The zero-order valence-electron chi connectivity index (χ0n) is 11.7. The molecule has 1 aromatic carbocycles. The van der Waals surface area contributed by atoms with E-state index >= 15 is 0 Å². The van der Waals surface area contributed by atoms with E-state index in [1.54, 1.807) is 6.20 Å². The molecule has 1 unspecified atom stereocenters. The normalized spacial score (nSPS) is 12.4. The van der Waals surface area contributed by atoms with Crippen LogP contribution in [0.15, 0.2) is 36.5 Å². The number of hydrogen-bond donors (Lipinski definition) is 1. The Bertz CT molecular complexity index is 564. The SMILES string of the molecule is CCNC(Cc1c(F)cccc1F)c1cccnc1C. The predicted octanol–water partition coefficient (Wildman–Crippen LogP) is 3.56. The lowest BCUT2D eigenvalue weighted by molar-refractivity contribution is 0.497. The van der Waals surface area contributed by atoms with E-state index in [1.165, 1.54) is 18.2 Å². The van der Waals surface area contributed by atoms with Gasteiger partial charge in [0.15, 0.2) is 0 Å². The second kappa shape index (κ2) is 6.57. The van der Waals surface area contributed by atoms with Gasteiger partial charge in [0.25, 0.3) is 0 Å². The van der Waals surface area contributed by atoms with Gasteiger partial charge < -0.3 is 5.32 Å². The molecule has 0 saturated carbocycles. The van der Waals surface area contributed by atoms with E-state index in [0.717, 1.165) is 17.8 Å². The maximum atomic E-state index is 13.8. The molecule has 0 aliphatic rings. The first kappa shape index (κ1) is 14.6. The second-order valence-corrected chi connectivity index (χ2v) is 4.69. The zero-order valence-corrected chi connectivity index (χ0v) is 11.7. The number of likely N-dealkylation sites (N-methyl/N-ethyl adjacent to an activating group) is 1. The van der Waals surface area contributed by atoms with Crippen molar-refractivity contribution in [1.29, 1.82) is 0 Å². The minimum atomic E-state index is -0.505. The first-order valence-electron chi connectivity index (χ1n) is 6.71. The highest BCUT2D eigenvalue weighted by Gasteiger charge is 2.18. The number of aromatic nitrogens is 1. The van der Waals surface area contributed by atoms with Crippen molar-refractivity contribution < 1.29 is 8.78 Å². The summed E-state index contributed by atoms with van der Waals surface area (Å²) in [6, 6.07) is 7.58. The molecule has 0 aliphatic carbocycles. The van der Waals surface area contributed by atoms with Gasteiger partial charge >= 0.3 is 0 Å². The summed E-state index contributed by atoms with van der Waals surface area (Å²) in [6.45, 7) is 4.59. The summed E-state index contributed by atoms with van der Waals surface area (Å²) in [5, 5.41) is 3.27. The maximum absolute atomic E-state index is 13.8. The number of benzene rings is 1. The summed E-state index contributed by atoms with van der Waals surface area (Å²) >= 11 is 0. The molecule has 0 radical (unpaired) electrons. The summed E-state index contributed by atoms with van der Waals surface area (Å²) in [6.07, 6.45) is 1.98. The lowest BCUT2D eigenvalue weighted by atomic mass is 9.97. The number of hydrogen-bond acceptors (Lipinski definition) is 2. The number of rotatable bonds is 5. The van der Waals surface area contributed by atoms with Gasteiger partial charge in [-0.3, -0.25) is 4.98 Å². The second-order valence-electron chi connectivity index (χ2n) is 4.69. The first-order chi connectivity index (χ1) is 9.63. The van der Waals surface area contributed by atoms with E-state index < -0.39 is 11.6 Å². The van der Waals surface area contributed by atoms with E-state index in [2.05, 4.69) is 10.3 Å². The molecule has 0 fully saturated rings. The number of nitrogens with zero attached hydrogens (tertiary/aromatic N) is 1. The molecule has 1 atom stereocenters. The van der Waals surface area contributed by atoms with Crippen LogP contribution >= 0.6 is 0 Å². The van der Waals surface area contributed by atoms with E-state index in [1.807, 2.05) is 26.0 Å². The fourth-order valence-electron chi connectivity index (χ4n) is 2.33. The lowest BCUT2D eigenvalue weighted by Gasteiger charge is -2.20. The molecule has 2 aromatic rings. The van der Waals surface area contributed by atoms with Crippen LogP contribution in [0.5, 0.6) is 0 Å². The molecule has 20 heavy (non-hydrogen) atoms. The Labute approximate surface area is 117 Å². The Morgan fingerprint density at radius 2 is 1.85 bits per heavy atom. The molecular formula is C16H18F2N2. The van der Waals surface area contributed by atoms with E-state index in [-0.39, 0.29) is 18.0 Å². The summed E-state index contributed by atoms with van der Waals surface area (Å²) in [5.74, 6) is -1.01. The van der Waals surface area contributed by atoms with Gasteiger partial charge in [-0.05, 0) is 43.7 Å². The summed E-state index contributed by atoms with van der Waals surface area (Å²) < 4.78 is 27.6. The molecule has 4 heteroatoms. The number of pyridine rings is 1. The lowest BCUT2D eigenvalue weighted by Crippen LogP contribution is -2.24. The van der Waals surface area contributed by atoms with Crippen molar-refractivity contribution in [2.45, 2.75) is 26.3 Å². The Morgan fingerprint density at radius 1 is 1.15 bits per heavy atom. The van der Waals surface area contributed by atoms with Crippen molar-refractivity contribution in [2.24, 2.45) is 0 Å². The average Bonchev–Trinajstić information content (AvgIpc) is 2.43. The zero-order chi connectivity index (χ0) is 14.5. The molecule has 0 aliphatic heterocycles. The largest absolute Gasteiger partial charge is 0.310 e. The van der Waals surface area contributed by atoms with Crippen LogP contribution in [-0.4, -0.2) is 11.5 Å². The fourth-order valence-corrected chi connectivity index (χ4v) is 2.33. The molecule has 2 rings (SSSR count). The number of nitrogens with one attached hydrogen (secondary N) is 1. The molecule has 0 bridgehead atoms. The van der Waals surface area contributed by atoms with E-state index in [4.69, 9.17) is 0 Å². The van der Waals surface area contributed by atoms with Crippen molar-refractivity contribution in [3.63, 3.8) is 0 Å². The molecule has 1 N–H and O–H groups in total. The van der Waals surface area contributed by atoms with Crippen LogP contribution in [0.4, 0.5) is 8.78 Å². The summed E-state index contributed by atoms with van der Waals surface area (Å²) in [5.41, 5.74) is 1.95. The maximum Gasteiger partial charge on any atom is 0.129 e. The van der Waals surface area contributed by atoms with Crippen molar-refractivity contribution in [3.8, 4) is 0 Å². The minimum absolute atomic E-state index is 0.113. The smallest absolute Gasteiger partial charge is 0.129 e. The van der Waals surface area contributed by atoms with Gasteiger partial charge in [-0.15, -0.1) is 0 Å². The molecule has 106 valence electrons. The summed E-state index contributed by atoms with van der Waals surface area (Å²) in [4.78, 5) is 4.24. The molecule has 0 saturated heterocycles. The molecule has 0 amide bonds. The van der Waals surface area contributed by atoms with Crippen LogP contribution in [-0.2, 0) is 6.42 Å². The Hall–Kier alpha value is -1.81. The minimum Gasteiger partial charge on any atom is -0.310 e. The van der Waals surface area contributed by atoms with Crippen molar-refractivity contribution in [2.75, 3.05) is 6.54 Å². The van der Waals surface area contributed by atoms with Gasteiger partial charge in [0.05, 0.1) is 0 Å². The van der Waals surface area contributed by atoms with Gasteiger partial charge in [-0.2, -0.15) is 0 Å². The quantitative estimate of drug-likeness (QED) is 0.903. The van der Waals surface area contributed by atoms with E-state index in [0.29, 0.717) is 0 Å². The average molecular weight is 276 g/mol. The van der Waals surface area contributed by atoms with Crippen LogP contribution in [0.25, 0.3) is 0 Å². The van der Waals surface area contributed by atoms with Gasteiger partial charge in [0.1, 0.15) is 11.6 Å². The Balaban J connectivity index is 2.33. The molecule has 1 heterocycles. The topological polar surface area (TPSA) is 24.9 Å². The first-order valence-corrected chi connectivity index (χ1v) is 6.71. The third kappa shape index (κ3) is 3.20. The van der Waals surface area contributed by atoms with E-state index in [9.17, 15) is 8.78 Å². The van der Waals surface area contributed by atoms with Crippen molar-refractivity contribution in [3.05, 3.63) is 65.0 Å². The fraction of sp³-hybridized carbons (Fsp3) is 0.312. The van der Waals surface area contributed by atoms with Gasteiger partial charge in [0, 0.05) is 23.5 Å². The highest BCUT2D eigenvalue weighted by atomic mass is 19.1. The third-order valence-electron chi connectivity index (χ3n) is 3.34. The van der Waals surface area contributed by atoms with Crippen LogP contribution in [0.1, 0.15) is 29.8 Å². The molecule has 0 spiro atoms. The summed E-state index contributed by atoms with van der Waals surface area (Å²) in [7, 11) is 0. The standard InChI is InChI=1S/C16H18F2N2/c1-3-19-16(12-6-5-9-20-11(12)2)10-13-14(17)7-4-8-15(13)18/h4-9,16,19H,3,10H2,1-2H3. The monoisotopic (exact) mass is 276 g/mol. The highest BCUT2D eigenvalue weighted by molar-refractivity contribution is 5.27. The molecule has 2 nitrogen and oxygen atoms in total. The van der Waals surface area contributed by atoms with Crippen molar-refractivity contribution in [1.82, 2.24) is 10.3 Å². The highest BCUT2D eigenvalue weighted by Crippen LogP contribution is 2.23. The van der Waals surface area contributed by atoms with Crippen molar-refractivity contribution >= 4 is 0 Å². The van der Waals surface area contributed by atoms with Crippen LogP contribution < -0.4 is 5.32 Å². The Morgan fingerprint density at radius 3 is 2.45 bits per heavy atom. The molecular weight excluding hydrogens is 258 g/mol. The van der Waals surface area contributed by atoms with Gasteiger partial charge in [-0.25, -0.2) is 8.78 Å². The van der Waals surface area contributed by atoms with Crippen LogP contribution in [0.2, 0.25) is 0 Å². The number of halogens is 2.